The number of nitrogens with zero attached hydrogens (tertiary/aromatic N) is 3. The highest BCUT2D eigenvalue weighted by molar-refractivity contribution is 7.19. The van der Waals surface area contributed by atoms with Gasteiger partial charge in [-0.2, -0.15) is 0 Å². The summed E-state index contributed by atoms with van der Waals surface area (Å²) in [6, 6.07) is 16.7. The summed E-state index contributed by atoms with van der Waals surface area (Å²) in [6.07, 6.45) is 2.43. The molecule has 0 bridgehead atoms. The second-order valence-corrected chi connectivity index (χ2v) is 12.3. The number of aromatic nitrogens is 1. The fraction of sp³-hybridized carbons (Fsp3) is 0.375. The van der Waals surface area contributed by atoms with E-state index >= 15 is 0 Å². The second-order valence-electron chi connectivity index (χ2n) is 10.8. The molecule has 208 valence electrons. The number of benzene rings is 2. The van der Waals surface area contributed by atoms with Gasteiger partial charge in [0.25, 0.3) is 0 Å². The van der Waals surface area contributed by atoms with Crippen LogP contribution in [0.4, 0.5) is 0 Å². The molecule has 1 saturated heterocycles. The summed E-state index contributed by atoms with van der Waals surface area (Å²) in [5.41, 5.74) is 5.34. The van der Waals surface area contributed by atoms with Gasteiger partial charge >= 0.3 is 0 Å². The Kier molecular flexibility index (Phi) is 7.71. The molecule has 2 aromatic carbocycles. The van der Waals surface area contributed by atoms with E-state index < -0.39 is 0 Å². The van der Waals surface area contributed by atoms with E-state index in [1.165, 1.54) is 16.0 Å². The molecule has 4 aromatic rings. The lowest BCUT2D eigenvalue weighted by molar-refractivity contribution is -0.128. The van der Waals surface area contributed by atoms with Crippen LogP contribution in [-0.2, 0) is 30.8 Å². The van der Waals surface area contributed by atoms with Gasteiger partial charge in [-0.25, -0.2) is 4.98 Å². The normalized spacial score (nSPS) is 15.7. The molecule has 0 atom stereocenters. The van der Waals surface area contributed by atoms with Crippen molar-refractivity contribution in [3.8, 4) is 22.6 Å². The summed E-state index contributed by atoms with van der Waals surface area (Å²) in [6.45, 7) is 7.95. The van der Waals surface area contributed by atoms with Gasteiger partial charge in [0, 0.05) is 48.4 Å². The van der Waals surface area contributed by atoms with Gasteiger partial charge in [0.1, 0.15) is 4.83 Å². The molecular weight excluding hydrogens is 542 g/mol. The third-order valence-electron chi connectivity index (χ3n) is 7.65. The number of carbonyl (C=O) groups is 1. The van der Waals surface area contributed by atoms with Crippen molar-refractivity contribution in [3.05, 3.63) is 75.3 Å². The third-order valence-corrected chi connectivity index (χ3v) is 9.17. The predicted octanol–water partition coefficient (Wildman–Crippen LogP) is 7.09. The molecule has 6 rings (SSSR count). The number of rotatable bonds is 8. The van der Waals surface area contributed by atoms with Gasteiger partial charge in [-0.3, -0.25) is 9.69 Å². The smallest absolute Gasteiger partial charge is 0.222 e. The van der Waals surface area contributed by atoms with Crippen LogP contribution in [-0.4, -0.2) is 47.0 Å². The van der Waals surface area contributed by atoms with Gasteiger partial charge in [0.2, 0.25) is 5.91 Å². The highest BCUT2D eigenvalue weighted by Crippen LogP contribution is 2.46. The largest absolute Gasteiger partial charge is 0.493 e. The van der Waals surface area contributed by atoms with Crippen LogP contribution in [0.5, 0.6) is 11.5 Å². The van der Waals surface area contributed by atoms with E-state index in [0.29, 0.717) is 29.5 Å². The second kappa shape index (κ2) is 11.4. The van der Waals surface area contributed by atoms with E-state index in [4.69, 9.17) is 26.1 Å². The maximum atomic E-state index is 12.5. The number of carbonyl (C=O) groups excluding carboxylic acids is 1. The molecule has 0 N–H and O–H groups in total. The zero-order valence-corrected chi connectivity index (χ0v) is 24.8. The first-order valence-corrected chi connectivity index (χ1v) is 15.1. The highest BCUT2D eigenvalue weighted by atomic mass is 35.5. The number of fused-ring (bicyclic) bond motifs is 3. The number of ether oxygens (including phenoxy) is 2. The average Bonchev–Trinajstić information content (AvgIpc) is 3.51. The van der Waals surface area contributed by atoms with Gasteiger partial charge in [-0.05, 0) is 55.5 Å². The number of pyridine rings is 1. The van der Waals surface area contributed by atoms with Crippen molar-refractivity contribution in [2.45, 2.75) is 58.8 Å². The molecule has 2 aliphatic rings. The Hall–Kier alpha value is -3.13. The predicted molar refractivity (Wildman–Crippen MR) is 161 cm³/mol. The lowest BCUT2D eigenvalue weighted by Gasteiger charge is -2.27. The summed E-state index contributed by atoms with van der Waals surface area (Å²) in [5.74, 6) is 1.54. The first-order chi connectivity index (χ1) is 19.4. The lowest BCUT2D eigenvalue weighted by atomic mass is 9.95. The molecule has 4 heterocycles. The number of halogens is 1. The number of thiophene rings is 1. The summed E-state index contributed by atoms with van der Waals surface area (Å²) >= 11 is 8.98. The van der Waals surface area contributed by atoms with Crippen LogP contribution in [0.3, 0.4) is 0 Å². The van der Waals surface area contributed by atoms with E-state index in [1.54, 1.807) is 18.4 Å². The highest BCUT2D eigenvalue weighted by Gasteiger charge is 2.29. The van der Waals surface area contributed by atoms with Crippen LogP contribution < -0.4 is 9.47 Å². The van der Waals surface area contributed by atoms with Crippen LogP contribution in [0.15, 0.2) is 48.5 Å². The Balaban J connectivity index is 1.45. The molecule has 0 saturated carbocycles. The number of likely N-dealkylation sites (tertiary alicyclic amines) is 1. The molecule has 0 unspecified atom stereocenters. The Morgan fingerprint density at radius 3 is 2.60 bits per heavy atom. The first kappa shape index (κ1) is 27.1. The van der Waals surface area contributed by atoms with Crippen molar-refractivity contribution in [2.75, 3.05) is 20.2 Å². The fourth-order valence-electron chi connectivity index (χ4n) is 5.78. The molecule has 8 heteroatoms. The lowest BCUT2D eigenvalue weighted by Crippen LogP contribution is -2.29. The van der Waals surface area contributed by atoms with Crippen molar-refractivity contribution in [1.82, 2.24) is 14.8 Å². The number of methoxy groups -OCH3 is 1. The molecule has 0 spiro atoms. The zero-order chi connectivity index (χ0) is 27.8. The van der Waals surface area contributed by atoms with E-state index in [9.17, 15) is 4.79 Å². The minimum atomic E-state index is 0.0308. The summed E-state index contributed by atoms with van der Waals surface area (Å²) in [7, 11) is 1.66. The van der Waals surface area contributed by atoms with Crippen LogP contribution >= 0.6 is 22.9 Å². The van der Waals surface area contributed by atoms with Crippen molar-refractivity contribution in [2.24, 2.45) is 0 Å². The molecule has 6 nitrogen and oxygen atoms in total. The summed E-state index contributed by atoms with van der Waals surface area (Å²) < 4.78 is 11.7. The Morgan fingerprint density at radius 2 is 1.88 bits per heavy atom. The monoisotopic (exact) mass is 575 g/mol. The maximum Gasteiger partial charge on any atom is 0.222 e. The van der Waals surface area contributed by atoms with Crippen molar-refractivity contribution in [3.63, 3.8) is 0 Å². The van der Waals surface area contributed by atoms with Crippen LogP contribution in [0.25, 0.3) is 21.3 Å². The minimum Gasteiger partial charge on any atom is -0.493 e. The quantitative estimate of drug-likeness (QED) is 0.224. The molecule has 1 amide bonds. The third kappa shape index (κ3) is 5.30. The molecule has 2 aromatic heterocycles. The Bertz CT molecular complexity index is 1550. The van der Waals surface area contributed by atoms with Gasteiger partial charge in [-0.1, -0.05) is 48.0 Å². The van der Waals surface area contributed by atoms with Crippen LogP contribution in [0.1, 0.15) is 48.4 Å². The maximum absolute atomic E-state index is 12.5. The molecule has 0 radical (unpaired) electrons. The standard InChI is InChI=1S/C32H34ClN3O3S/c1-20(2)39-25-12-11-22(16-26(25)38-3)29-30-23-13-15-35(17-21-8-5-4-6-9-21)19-27(23)40-32(30)34-24(31(29)33)18-36-14-7-10-28(36)37/h4-6,8-9,11-12,16,20H,7,10,13-15,17-19H2,1-3H3. The van der Waals surface area contributed by atoms with Crippen molar-refractivity contribution < 1.29 is 14.3 Å². The van der Waals surface area contributed by atoms with Gasteiger partial charge in [0.05, 0.1) is 30.5 Å². The molecule has 40 heavy (non-hydrogen) atoms. The van der Waals surface area contributed by atoms with Gasteiger partial charge < -0.3 is 14.4 Å². The fourth-order valence-corrected chi connectivity index (χ4v) is 7.38. The number of amides is 1. The van der Waals surface area contributed by atoms with Crippen LogP contribution in [0.2, 0.25) is 5.02 Å². The van der Waals surface area contributed by atoms with Crippen molar-refractivity contribution in [1.29, 1.82) is 0 Å². The Labute approximate surface area is 244 Å². The number of hydrogen-bond donors (Lipinski definition) is 0. The SMILES string of the molecule is COc1cc(-c2c(Cl)c(CN3CCCC3=O)nc3sc4c(c23)CCN(Cc2ccccc2)C4)ccc1OC(C)C. The van der Waals surface area contributed by atoms with Gasteiger partial charge in [-0.15, -0.1) is 11.3 Å². The topological polar surface area (TPSA) is 54.9 Å². The van der Waals surface area contributed by atoms with E-state index in [1.807, 2.05) is 30.9 Å². The van der Waals surface area contributed by atoms with E-state index in [0.717, 1.165) is 66.1 Å². The van der Waals surface area contributed by atoms with Gasteiger partial charge in [0.15, 0.2) is 11.5 Å². The molecule has 1 fully saturated rings. The minimum absolute atomic E-state index is 0.0308. The zero-order valence-electron chi connectivity index (χ0n) is 23.2. The summed E-state index contributed by atoms with van der Waals surface area (Å²) in [5, 5.41) is 1.74. The van der Waals surface area contributed by atoms with Crippen molar-refractivity contribution >= 4 is 39.1 Å². The van der Waals surface area contributed by atoms with E-state index in [-0.39, 0.29) is 12.0 Å². The summed E-state index contributed by atoms with van der Waals surface area (Å²) in [4.78, 5) is 24.3. The molecule has 0 aliphatic carbocycles. The average molecular weight is 576 g/mol. The first-order valence-electron chi connectivity index (χ1n) is 13.9. The molecular formula is C32H34ClN3O3S. The Morgan fingerprint density at radius 1 is 1.05 bits per heavy atom. The number of hydrogen-bond acceptors (Lipinski definition) is 6. The van der Waals surface area contributed by atoms with E-state index in [2.05, 4.69) is 41.3 Å². The molecule has 2 aliphatic heterocycles. The van der Waals surface area contributed by atoms with Crippen LogP contribution in [0, 0.1) is 0 Å².